The molecule has 0 saturated heterocycles. The topological polar surface area (TPSA) is 3.24 Å². The molecular weight excluding hydrogens is 262 g/mol. The van der Waals surface area contributed by atoms with Crippen molar-refractivity contribution in [3.05, 3.63) is 83.9 Å². The maximum atomic E-state index is 4.22. The molecule has 0 saturated carbocycles. The highest BCUT2D eigenvalue weighted by Crippen LogP contribution is 2.10. The number of hydrogen-bond acceptors (Lipinski definition) is 2. The van der Waals surface area contributed by atoms with Crippen molar-refractivity contribution >= 4 is 12.6 Å². The Hall–Kier alpha value is -1.51. The minimum atomic E-state index is 0.796. The SMILES string of the molecule is SC/C=C/CN(Cc1ccccc1)Cc1ccccc1. The molecule has 2 aromatic rings. The second kappa shape index (κ2) is 8.62. The molecule has 0 heterocycles. The van der Waals surface area contributed by atoms with Crippen LogP contribution in [0.2, 0.25) is 0 Å². The molecule has 2 rings (SSSR count). The van der Waals surface area contributed by atoms with E-state index in [-0.39, 0.29) is 0 Å². The fourth-order valence-electron chi connectivity index (χ4n) is 2.17. The molecule has 0 aliphatic heterocycles. The number of benzene rings is 2. The summed E-state index contributed by atoms with van der Waals surface area (Å²) in [5, 5.41) is 0. The van der Waals surface area contributed by atoms with Crippen LogP contribution < -0.4 is 0 Å². The van der Waals surface area contributed by atoms with Gasteiger partial charge in [0.25, 0.3) is 0 Å². The number of hydrogen-bond donors (Lipinski definition) is 1. The van der Waals surface area contributed by atoms with Crippen LogP contribution >= 0.6 is 12.6 Å². The van der Waals surface area contributed by atoms with Gasteiger partial charge in [-0.05, 0) is 11.1 Å². The van der Waals surface area contributed by atoms with Crippen molar-refractivity contribution in [3.8, 4) is 0 Å². The highest BCUT2D eigenvalue weighted by atomic mass is 32.1. The molecule has 0 fully saturated rings. The summed E-state index contributed by atoms with van der Waals surface area (Å²) in [6.45, 7) is 2.88. The second-order valence-corrected chi connectivity index (χ2v) is 5.16. The molecule has 0 bridgehead atoms. The molecular formula is C18H21NS. The quantitative estimate of drug-likeness (QED) is 0.589. The van der Waals surface area contributed by atoms with Gasteiger partial charge >= 0.3 is 0 Å². The number of nitrogens with zero attached hydrogens (tertiary/aromatic N) is 1. The van der Waals surface area contributed by atoms with E-state index in [2.05, 4.69) is 90.3 Å². The lowest BCUT2D eigenvalue weighted by Crippen LogP contribution is -2.22. The lowest BCUT2D eigenvalue weighted by atomic mass is 10.1. The van der Waals surface area contributed by atoms with Gasteiger partial charge in [0.05, 0.1) is 0 Å². The van der Waals surface area contributed by atoms with E-state index in [1.165, 1.54) is 11.1 Å². The third-order valence-electron chi connectivity index (χ3n) is 3.13. The zero-order chi connectivity index (χ0) is 14.0. The normalized spacial score (nSPS) is 11.3. The molecule has 104 valence electrons. The van der Waals surface area contributed by atoms with E-state index >= 15 is 0 Å². The molecule has 0 amide bonds. The van der Waals surface area contributed by atoms with E-state index in [4.69, 9.17) is 0 Å². The molecule has 0 unspecified atom stereocenters. The smallest absolute Gasteiger partial charge is 0.0240 e. The van der Waals surface area contributed by atoms with Crippen LogP contribution in [-0.4, -0.2) is 17.2 Å². The summed E-state index contributed by atoms with van der Waals surface area (Å²) in [4.78, 5) is 2.44. The zero-order valence-electron chi connectivity index (χ0n) is 11.7. The van der Waals surface area contributed by atoms with Crippen LogP contribution in [0.15, 0.2) is 72.8 Å². The van der Waals surface area contributed by atoms with Crippen molar-refractivity contribution in [1.29, 1.82) is 0 Å². The molecule has 2 heteroatoms. The van der Waals surface area contributed by atoms with E-state index < -0.39 is 0 Å². The van der Waals surface area contributed by atoms with Gasteiger partial charge in [0, 0.05) is 25.4 Å². The average molecular weight is 283 g/mol. The molecule has 2 aromatic carbocycles. The van der Waals surface area contributed by atoms with Gasteiger partial charge in [-0.2, -0.15) is 12.6 Å². The Morgan fingerprint density at radius 3 is 1.70 bits per heavy atom. The summed E-state index contributed by atoms with van der Waals surface area (Å²) >= 11 is 4.22. The summed E-state index contributed by atoms with van der Waals surface area (Å²) in [6.07, 6.45) is 4.30. The van der Waals surface area contributed by atoms with Crippen LogP contribution in [0, 0.1) is 0 Å². The molecule has 0 aromatic heterocycles. The first-order valence-corrected chi connectivity index (χ1v) is 7.58. The average Bonchev–Trinajstić information content (AvgIpc) is 2.49. The number of thiol groups is 1. The third kappa shape index (κ3) is 5.24. The monoisotopic (exact) mass is 283 g/mol. The largest absolute Gasteiger partial charge is 0.291 e. The van der Waals surface area contributed by atoms with Crippen LogP contribution in [0.25, 0.3) is 0 Å². The molecule has 0 aliphatic carbocycles. The van der Waals surface area contributed by atoms with Gasteiger partial charge in [0.2, 0.25) is 0 Å². The van der Waals surface area contributed by atoms with Gasteiger partial charge in [0.1, 0.15) is 0 Å². The Morgan fingerprint density at radius 1 is 0.750 bits per heavy atom. The van der Waals surface area contributed by atoms with Gasteiger partial charge in [-0.1, -0.05) is 72.8 Å². The van der Waals surface area contributed by atoms with E-state index in [9.17, 15) is 0 Å². The first-order chi connectivity index (χ1) is 9.88. The molecule has 20 heavy (non-hydrogen) atoms. The third-order valence-corrected chi connectivity index (χ3v) is 3.34. The van der Waals surface area contributed by atoms with Gasteiger partial charge in [-0.25, -0.2) is 0 Å². The second-order valence-electron chi connectivity index (χ2n) is 4.79. The lowest BCUT2D eigenvalue weighted by molar-refractivity contribution is 0.286. The Bertz CT molecular complexity index is 466. The maximum Gasteiger partial charge on any atom is 0.0240 e. The maximum absolute atomic E-state index is 4.22. The summed E-state index contributed by atoms with van der Waals surface area (Å²) in [7, 11) is 0. The Kier molecular flexibility index (Phi) is 6.42. The van der Waals surface area contributed by atoms with Crippen LogP contribution in [0.4, 0.5) is 0 Å². The van der Waals surface area contributed by atoms with Gasteiger partial charge in [0.15, 0.2) is 0 Å². The first-order valence-electron chi connectivity index (χ1n) is 6.94. The summed E-state index contributed by atoms with van der Waals surface area (Å²) in [5.41, 5.74) is 2.70. The first kappa shape index (κ1) is 14.9. The molecule has 0 aliphatic rings. The predicted molar refractivity (Wildman–Crippen MR) is 90.0 cm³/mol. The van der Waals surface area contributed by atoms with Crippen molar-refractivity contribution in [1.82, 2.24) is 4.90 Å². The van der Waals surface area contributed by atoms with Crippen LogP contribution in [0.5, 0.6) is 0 Å². The minimum Gasteiger partial charge on any atom is -0.291 e. The van der Waals surface area contributed by atoms with Crippen LogP contribution in [0.3, 0.4) is 0 Å². The molecule has 0 N–H and O–H groups in total. The van der Waals surface area contributed by atoms with Crippen molar-refractivity contribution in [2.24, 2.45) is 0 Å². The molecule has 1 nitrogen and oxygen atoms in total. The minimum absolute atomic E-state index is 0.796. The van der Waals surface area contributed by atoms with E-state index in [0.29, 0.717) is 0 Å². The van der Waals surface area contributed by atoms with E-state index in [0.717, 1.165) is 25.4 Å². The van der Waals surface area contributed by atoms with Crippen molar-refractivity contribution in [2.75, 3.05) is 12.3 Å². The Labute approximate surface area is 127 Å². The van der Waals surface area contributed by atoms with Crippen molar-refractivity contribution in [3.63, 3.8) is 0 Å². The van der Waals surface area contributed by atoms with Crippen LogP contribution in [-0.2, 0) is 13.1 Å². The fraction of sp³-hybridized carbons (Fsp3) is 0.222. The van der Waals surface area contributed by atoms with Gasteiger partial charge in [-0.3, -0.25) is 4.90 Å². The van der Waals surface area contributed by atoms with Gasteiger partial charge < -0.3 is 0 Å². The highest BCUT2D eigenvalue weighted by Gasteiger charge is 2.05. The van der Waals surface area contributed by atoms with Gasteiger partial charge in [-0.15, -0.1) is 0 Å². The predicted octanol–water partition coefficient (Wildman–Crippen LogP) is 4.17. The molecule has 0 radical (unpaired) electrons. The fourth-order valence-corrected chi connectivity index (χ4v) is 2.32. The van der Waals surface area contributed by atoms with E-state index in [1.54, 1.807) is 0 Å². The standard InChI is InChI=1S/C18H21NS/c20-14-8-7-13-19(15-17-9-3-1-4-10-17)16-18-11-5-2-6-12-18/h1-12,20H,13-16H2/b8-7+. The zero-order valence-corrected chi connectivity index (χ0v) is 12.5. The van der Waals surface area contributed by atoms with Crippen LogP contribution in [0.1, 0.15) is 11.1 Å². The van der Waals surface area contributed by atoms with Crippen molar-refractivity contribution < 1.29 is 0 Å². The lowest BCUT2D eigenvalue weighted by Gasteiger charge is -2.21. The molecule has 0 spiro atoms. The Morgan fingerprint density at radius 2 is 1.25 bits per heavy atom. The van der Waals surface area contributed by atoms with Crippen molar-refractivity contribution in [2.45, 2.75) is 13.1 Å². The highest BCUT2D eigenvalue weighted by molar-refractivity contribution is 7.80. The Balaban J connectivity index is 2.02. The number of rotatable bonds is 7. The summed E-state index contributed by atoms with van der Waals surface area (Å²) in [5.74, 6) is 0.796. The molecule has 0 atom stereocenters. The van der Waals surface area contributed by atoms with E-state index in [1.807, 2.05) is 0 Å². The summed E-state index contributed by atoms with van der Waals surface area (Å²) < 4.78 is 0. The summed E-state index contributed by atoms with van der Waals surface area (Å²) in [6, 6.07) is 21.2.